The number of methoxy groups -OCH3 is 1. The molecule has 0 aromatic carbocycles. The molecule has 5 heteroatoms. The van der Waals surface area contributed by atoms with Gasteiger partial charge in [0, 0.05) is 19.2 Å². The quantitative estimate of drug-likeness (QED) is 0.805. The molecule has 1 atom stereocenters. The molecule has 1 unspecified atom stereocenters. The summed E-state index contributed by atoms with van der Waals surface area (Å²) in [6.45, 7) is 0.866. The van der Waals surface area contributed by atoms with Crippen LogP contribution in [0.2, 0.25) is 0 Å². The Morgan fingerprint density at radius 2 is 2.47 bits per heavy atom. The van der Waals surface area contributed by atoms with Gasteiger partial charge >= 0.3 is 0 Å². The lowest BCUT2D eigenvalue weighted by Crippen LogP contribution is -2.11. The van der Waals surface area contributed by atoms with Crippen LogP contribution in [-0.4, -0.2) is 34.4 Å². The van der Waals surface area contributed by atoms with Crippen molar-refractivity contribution in [1.29, 1.82) is 0 Å². The van der Waals surface area contributed by atoms with Crippen molar-refractivity contribution in [2.75, 3.05) is 13.7 Å². The summed E-state index contributed by atoms with van der Waals surface area (Å²) in [6.07, 6.45) is 5.31. The molecule has 0 saturated carbocycles. The summed E-state index contributed by atoms with van der Waals surface area (Å²) in [5.41, 5.74) is 0.767. The molecular formula is C12H15N3O2. The maximum atomic E-state index is 5.62. The first kappa shape index (κ1) is 10.5. The molecule has 1 aliphatic rings. The van der Waals surface area contributed by atoms with Gasteiger partial charge in [0.1, 0.15) is 5.82 Å². The van der Waals surface area contributed by atoms with Crippen LogP contribution < -0.4 is 4.74 Å². The average Bonchev–Trinajstić information content (AvgIpc) is 2.99. The fraction of sp³-hybridized carbons (Fsp3) is 0.500. The number of hydrogen-bond donors (Lipinski definition) is 0. The molecule has 0 amide bonds. The third kappa shape index (κ3) is 1.86. The van der Waals surface area contributed by atoms with Crippen molar-refractivity contribution < 1.29 is 9.47 Å². The molecule has 0 radical (unpaired) electrons. The molecule has 90 valence electrons. The zero-order chi connectivity index (χ0) is 11.7. The van der Waals surface area contributed by atoms with Gasteiger partial charge < -0.3 is 9.47 Å². The number of hydrogen-bond acceptors (Lipinski definition) is 4. The third-order valence-corrected chi connectivity index (χ3v) is 3.12. The van der Waals surface area contributed by atoms with Crippen LogP contribution in [0.25, 0.3) is 5.65 Å². The zero-order valence-corrected chi connectivity index (χ0v) is 9.80. The van der Waals surface area contributed by atoms with E-state index in [-0.39, 0.29) is 6.10 Å². The molecule has 2 aromatic rings. The molecule has 5 nitrogen and oxygen atoms in total. The molecule has 3 rings (SSSR count). The van der Waals surface area contributed by atoms with Gasteiger partial charge in [-0.2, -0.15) is 0 Å². The van der Waals surface area contributed by atoms with Crippen LogP contribution in [0, 0.1) is 0 Å². The van der Waals surface area contributed by atoms with Crippen LogP contribution >= 0.6 is 0 Å². The Morgan fingerprint density at radius 3 is 3.24 bits per heavy atom. The monoisotopic (exact) mass is 233 g/mol. The highest BCUT2D eigenvalue weighted by Crippen LogP contribution is 2.20. The molecular weight excluding hydrogens is 218 g/mol. The second kappa shape index (κ2) is 4.33. The smallest absolute Gasteiger partial charge is 0.203 e. The van der Waals surface area contributed by atoms with Crippen molar-refractivity contribution in [2.45, 2.75) is 25.4 Å². The largest absolute Gasteiger partial charge is 0.493 e. The first-order chi connectivity index (χ1) is 8.38. The highest BCUT2D eigenvalue weighted by Gasteiger charge is 2.19. The SMILES string of the molecule is COc1cccn2c(CC3CCCO3)nnc12. The number of rotatable bonds is 3. The van der Waals surface area contributed by atoms with E-state index in [0.717, 1.165) is 43.1 Å². The minimum Gasteiger partial charge on any atom is -0.493 e. The Balaban J connectivity index is 1.94. The van der Waals surface area contributed by atoms with Gasteiger partial charge in [-0.25, -0.2) is 0 Å². The van der Waals surface area contributed by atoms with E-state index in [1.165, 1.54) is 0 Å². The molecule has 1 saturated heterocycles. The van der Waals surface area contributed by atoms with Gasteiger partial charge in [-0.1, -0.05) is 0 Å². The lowest BCUT2D eigenvalue weighted by Gasteiger charge is -2.07. The minimum atomic E-state index is 0.286. The van der Waals surface area contributed by atoms with Crippen molar-refractivity contribution >= 4 is 5.65 Å². The summed E-state index contributed by atoms with van der Waals surface area (Å²) in [5.74, 6) is 1.68. The molecule has 0 spiro atoms. The van der Waals surface area contributed by atoms with Crippen molar-refractivity contribution in [3.63, 3.8) is 0 Å². The third-order valence-electron chi connectivity index (χ3n) is 3.12. The van der Waals surface area contributed by atoms with Crippen LogP contribution in [0.5, 0.6) is 5.75 Å². The summed E-state index contributed by atoms with van der Waals surface area (Å²) < 4.78 is 12.8. The van der Waals surface area contributed by atoms with Crippen LogP contribution in [0.4, 0.5) is 0 Å². The van der Waals surface area contributed by atoms with Crippen molar-refractivity contribution in [1.82, 2.24) is 14.6 Å². The van der Waals surface area contributed by atoms with E-state index >= 15 is 0 Å². The van der Waals surface area contributed by atoms with E-state index < -0.39 is 0 Å². The van der Waals surface area contributed by atoms with Gasteiger partial charge in [-0.3, -0.25) is 4.40 Å². The maximum Gasteiger partial charge on any atom is 0.203 e. The first-order valence-electron chi connectivity index (χ1n) is 5.86. The van der Waals surface area contributed by atoms with Gasteiger partial charge in [0.05, 0.1) is 13.2 Å². The van der Waals surface area contributed by atoms with E-state index in [0.29, 0.717) is 0 Å². The Hall–Kier alpha value is -1.62. The average molecular weight is 233 g/mol. The Labute approximate surface area is 99.4 Å². The van der Waals surface area contributed by atoms with Crippen molar-refractivity contribution in [2.24, 2.45) is 0 Å². The van der Waals surface area contributed by atoms with Crippen LogP contribution in [0.1, 0.15) is 18.7 Å². The summed E-state index contributed by atoms with van der Waals surface area (Å²) >= 11 is 0. The van der Waals surface area contributed by atoms with E-state index in [2.05, 4.69) is 10.2 Å². The van der Waals surface area contributed by atoms with Gasteiger partial charge in [-0.05, 0) is 25.0 Å². The normalized spacial score (nSPS) is 19.9. The molecule has 0 aliphatic carbocycles. The number of ether oxygens (including phenoxy) is 2. The Kier molecular flexibility index (Phi) is 2.68. The van der Waals surface area contributed by atoms with Gasteiger partial charge in [-0.15, -0.1) is 10.2 Å². The molecule has 0 N–H and O–H groups in total. The highest BCUT2D eigenvalue weighted by atomic mass is 16.5. The fourth-order valence-electron chi connectivity index (χ4n) is 2.25. The van der Waals surface area contributed by atoms with E-state index in [9.17, 15) is 0 Å². The number of fused-ring (bicyclic) bond motifs is 1. The van der Waals surface area contributed by atoms with Crippen molar-refractivity contribution in [3.8, 4) is 5.75 Å². The lowest BCUT2D eigenvalue weighted by atomic mass is 10.2. The Bertz CT molecular complexity index is 517. The number of pyridine rings is 1. The molecule has 2 aromatic heterocycles. The fourth-order valence-corrected chi connectivity index (χ4v) is 2.25. The second-order valence-electron chi connectivity index (χ2n) is 4.23. The van der Waals surface area contributed by atoms with E-state index in [1.54, 1.807) is 7.11 Å². The van der Waals surface area contributed by atoms with Crippen LogP contribution in [-0.2, 0) is 11.2 Å². The molecule has 1 aliphatic heterocycles. The number of aromatic nitrogens is 3. The summed E-state index contributed by atoms with van der Waals surface area (Å²) in [6, 6.07) is 3.83. The van der Waals surface area contributed by atoms with Gasteiger partial charge in [0.25, 0.3) is 0 Å². The molecule has 0 bridgehead atoms. The summed E-state index contributed by atoms with van der Waals surface area (Å²) in [7, 11) is 1.64. The minimum absolute atomic E-state index is 0.286. The maximum absolute atomic E-state index is 5.62. The zero-order valence-electron chi connectivity index (χ0n) is 9.80. The van der Waals surface area contributed by atoms with Crippen LogP contribution in [0.15, 0.2) is 18.3 Å². The highest BCUT2D eigenvalue weighted by molar-refractivity contribution is 5.53. The van der Waals surface area contributed by atoms with Crippen molar-refractivity contribution in [3.05, 3.63) is 24.2 Å². The standard InChI is InChI=1S/C12H15N3O2/c1-16-10-5-2-6-15-11(13-14-12(10)15)8-9-4-3-7-17-9/h2,5-6,9H,3-4,7-8H2,1H3. The lowest BCUT2D eigenvalue weighted by molar-refractivity contribution is 0.109. The van der Waals surface area contributed by atoms with Gasteiger partial charge in [0.2, 0.25) is 5.65 Å². The molecule has 3 heterocycles. The van der Waals surface area contributed by atoms with Gasteiger partial charge in [0.15, 0.2) is 5.75 Å². The number of nitrogens with zero attached hydrogens (tertiary/aromatic N) is 3. The predicted octanol–water partition coefficient (Wildman–Crippen LogP) is 1.46. The predicted molar refractivity (Wildman–Crippen MR) is 62.2 cm³/mol. The van der Waals surface area contributed by atoms with Crippen LogP contribution in [0.3, 0.4) is 0 Å². The first-order valence-corrected chi connectivity index (χ1v) is 5.86. The summed E-state index contributed by atoms with van der Waals surface area (Å²) in [4.78, 5) is 0. The second-order valence-corrected chi connectivity index (χ2v) is 4.23. The molecule has 17 heavy (non-hydrogen) atoms. The topological polar surface area (TPSA) is 48.7 Å². The van der Waals surface area contributed by atoms with E-state index in [1.807, 2.05) is 22.7 Å². The summed E-state index contributed by atoms with van der Waals surface area (Å²) in [5, 5.41) is 8.38. The molecule has 1 fully saturated rings. The van der Waals surface area contributed by atoms with E-state index in [4.69, 9.17) is 9.47 Å². The Morgan fingerprint density at radius 1 is 1.53 bits per heavy atom.